The molecule has 5 heteroatoms. The molecule has 0 radical (unpaired) electrons. The molecule has 3 rings (SSSR count). The van der Waals surface area contributed by atoms with Crippen LogP contribution in [-0.2, 0) is 0 Å². The molecule has 108 valence electrons. The van der Waals surface area contributed by atoms with Gasteiger partial charge in [-0.2, -0.15) is 5.26 Å². The number of nitrogens with zero attached hydrogens (tertiary/aromatic N) is 3. The lowest BCUT2D eigenvalue weighted by molar-refractivity contribution is 0.178. The Labute approximate surface area is 123 Å². The van der Waals surface area contributed by atoms with Crippen molar-refractivity contribution < 1.29 is 5.11 Å². The van der Waals surface area contributed by atoms with Gasteiger partial charge in [-0.25, -0.2) is 0 Å². The average Bonchev–Trinajstić information content (AvgIpc) is 2.55. The molecule has 0 bridgehead atoms. The van der Waals surface area contributed by atoms with E-state index in [0.717, 1.165) is 42.3 Å². The van der Waals surface area contributed by atoms with Crippen molar-refractivity contribution in [1.29, 1.82) is 5.26 Å². The maximum atomic E-state index is 9.55. The van der Waals surface area contributed by atoms with Crippen molar-refractivity contribution in [3.05, 3.63) is 30.0 Å². The van der Waals surface area contributed by atoms with Crippen molar-refractivity contribution in [3.63, 3.8) is 0 Å². The van der Waals surface area contributed by atoms with Crippen LogP contribution >= 0.6 is 0 Å². The fourth-order valence-corrected chi connectivity index (χ4v) is 3.08. The zero-order chi connectivity index (χ0) is 14.7. The predicted molar refractivity (Wildman–Crippen MR) is 80.7 cm³/mol. The second kappa shape index (κ2) is 6.06. The lowest BCUT2D eigenvalue weighted by Crippen LogP contribution is -2.34. The van der Waals surface area contributed by atoms with Crippen LogP contribution in [0.2, 0.25) is 0 Å². The molecule has 0 saturated heterocycles. The maximum absolute atomic E-state index is 9.55. The van der Waals surface area contributed by atoms with Crippen LogP contribution in [0.25, 0.3) is 10.9 Å². The van der Waals surface area contributed by atoms with Crippen LogP contribution in [0.4, 0.5) is 5.69 Å². The number of nitriles is 1. The van der Waals surface area contributed by atoms with Crippen LogP contribution in [0.1, 0.15) is 31.4 Å². The van der Waals surface area contributed by atoms with Gasteiger partial charge in [0.25, 0.3) is 0 Å². The van der Waals surface area contributed by atoms with Crippen molar-refractivity contribution in [3.8, 4) is 6.07 Å². The molecule has 1 saturated carbocycles. The molecule has 2 aromatic rings. The second-order valence-electron chi connectivity index (χ2n) is 5.53. The number of hydrogen-bond acceptors (Lipinski definition) is 5. The molecule has 1 fully saturated rings. The number of aromatic nitrogens is 2. The summed E-state index contributed by atoms with van der Waals surface area (Å²) < 4.78 is 0. The zero-order valence-electron chi connectivity index (χ0n) is 11.8. The third-order valence-electron chi connectivity index (χ3n) is 4.25. The van der Waals surface area contributed by atoms with Crippen LogP contribution in [0.15, 0.2) is 24.3 Å². The van der Waals surface area contributed by atoms with Gasteiger partial charge in [-0.15, -0.1) is 10.2 Å². The van der Waals surface area contributed by atoms with Crippen molar-refractivity contribution in [2.45, 2.75) is 31.7 Å². The molecular formula is C16H18N4O. The number of rotatable bonds is 3. The average molecular weight is 282 g/mol. The van der Waals surface area contributed by atoms with E-state index in [4.69, 9.17) is 0 Å². The van der Waals surface area contributed by atoms with Gasteiger partial charge in [0, 0.05) is 24.0 Å². The Hall–Kier alpha value is -2.19. The highest BCUT2D eigenvalue weighted by molar-refractivity contribution is 5.92. The smallest absolute Gasteiger partial charge is 0.186 e. The quantitative estimate of drug-likeness (QED) is 0.903. The fourth-order valence-electron chi connectivity index (χ4n) is 3.08. The Bertz CT molecular complexity index is 680. The first kappa shape index (κ1) is 13.8. The number of nitrogens with one attached hydrogen (secondary N) is 1. The predicted octanol–water partition coefficient (Wildman–Crippen LogP) is 2.46. The number of aliphatic hydroxyl groups excluding tert-OH is 1. The third-order valence-corrected chi connectivity index (χ3v) is 4.25. The number of fused-ring (bicyclic) bond motifs is 1. The van der Waals surface area contributed by atoms with Gasteiger partial charge in [0.05, 0.1) is 11.2 Å². The normalized spacial score (nSPS) is 21.9. The van der Waals surface area contributed by atoms with Crippen LogP contribution in [0, 0.1) is 17.2 Å². The highest BCUT2D eigenvalue weighted by Crippen LogP contribution is 2.30. The largest absolute Gasteiger partial charge is 0.396 e. The monoisotopic (exact) mass is 282 g/mol. The van der Waals surface area contributed by atoms with E-state index in [2.05, 4.69) is 21.6 Å². The Morgan fingerprint density at radius 2 is 2.05 bits per heavy atom. The first-order chi connectivity index (χ1) is 10.3. The SMILES string of the molecule is N#Cc1nnc2ccccc2c1NC1CCCCC1CO. The first-order valence-corrected chi connectivity index (χ1v) is 7.36. The summed E-state index contributed by atoms with van der Waals surface area (Å²) in [5, 5.41) is 31.3. The van der Waals surface area contributed by atoms with Gasteiger partial charge in [0.2, 0.25) is 0 Å². The molecule has 21 heavy (non-hydrogen) atoms. The molecule has 2 unspecified atom stereocenters. The van der Waals surface area contributed by atoms with E-state index in [-0.39, 0.29) is 18.6 Å². The summed E-state index contributed by atoms with van der Waals surface area (Å²) in [6.07, 6.45) is 4.33. The standard InChI is InChI=1S/C16H18N4O/c17-9-15-16(12-6-2-4-8-14(12)19-20-15)18-13-7-3-1-5-11(13)10-21/h2,4,6,8,11,13,21H,1,3,5,7,10H2,(H,18,19). The molecule has 1 aromatic carbocycles. The molecule has 1 aromatic heterocycles. The summed E-state index contributed by atoms with van der Waals surface area (Å²) in [5.41, 5.74) is 1.83. The second-order valence-corrected chi connectivity index (χ2v) is 5.53. The van der Waals surface area contributed by atoms with Gasteiger partial charge in [-0.3, -0.25) is 0 Å². The molecule has 0 aliphatic heterocycles. The van der Waals surface area contributed by atoms with E-state index in [1.807, 2.05) is 24.3 Å². The van der Waals surface area contributed by atoms with Gasteiger partial charge >= 0.3 is 0 Å². The molecule has 2 N–H and O–H groups in total. The Morgan fingerprint density at radius 1 is 1.24 bits per heavy atom. The summed E-state index contributed by atoms with van der Waals surface area (Å²) in [6.45, 7) is 0.177. The van der Waals surface area contributed by atoms with Crippen molar-refractivity contribution >= 4 is 16.6 Å². The van der Waals surface area contributed by atoms with E-state index >= 15 is 0 Å². The lowest BCUT2D eigenvalue weighted by atomic mass is 9.85. The Kier molecular flexibility index (Phi) is 3.98. The van der Waals surface area contributed by atoms with E-state index in [0.29, 0.717) is 5.69 Å². The minimum atomic E-state index is 0.177. The first-order valence-electron chi connectivity index (χ1n) is 7.36. The van der Waals surface area contributed by atoms with E-state index in [1.54, 1.807) is 0 Å². The van der Waals surface area contributed by atoms with E-state index < -0.39 is 0 Å². The molecule has 2 atom stereocenters. The van der Waals surface area contributed by atoms with Crippen molar-refractivity contribution in [2.24, 2.45) is 5.92 Å². The van der Waals surface area contributed by atoms with Crippen LogP contribution in [0.5, 0.6) is 0 Å². The fraction of sp³-hybridized carbons (Fsp3) is 0.438. The molecule has 5 nitrogen and oxygen atoms in total. The van der Waals surface area contributed by atoms with Crippen LogP contribution < -0.4 is 5.32 Å². The summed E-state index contributed by atoms with van der Waals surface area (Å²) in [7, 11) is 0. The highest BCUT2D eigenvalue weighted by atomic mass is 16.3. The van der Waals surface area contributed by atoms with Gasteiger partial charge in [-0.1, -0.05) is 31.0 Å². The lowest BCUT2D eigenvalue weighted by Gasteiger charge is -2.32. The minimum Gasteiger partial charge on any atom is -0.396 e. The van der Waals surface area contributed by atoms with Crippen molar-refractivity contribution in [1.82, 2.24) is 10.2 Å². The maximum Gasteiger partial charge on any atom is 0.186 e. The van der Waals surface area contributed by atoms with Gasteiger partial charge in [0.15, 0.2) is 5.69 Å². The molecule has 1 aliphatic carbocycles. The summed E-state index contributed by atoms with van der Waals surface area (Å²) in [4.78, 5) is 0. The number of hydrogen-bond donors (Lipinski definition) is 2. The summed E-state index contributed by atoms with van der Waals surface area (Å²) >= 11 is 0. The molecule has 0 spiro atoms. The number of aliphatic hydroxyl groups is 1. The molecular weight excluding hydrogens is 264 g/mol. The molecule has 0 amide bonds. The van der Waals surface area contributed by atoms with Crippen molar-refractivity contribution in [2.75, 3.05) is 11.9 Å². The van der Waals surface area contributed by atoms with Gasteiger partial charge in [-0.05, 0) is 18.9 Å². The third kappa shape index (κ3) is 2.67. The topological polar surface area (TPSA) is 81.8 Å². The zero-order valence-corrected chi connectivity index (χ0v) is 11.8. The van der Waals surface area contributed by atoms with Gasteiger partial charge < -0.3 is 10.4 Å². The molecule has 1 heterocycles. The Morgan fingerprint density at radius 3 is 2.86 bits per heavy atom. The van der Waals surface area contributed by atoms with E-state index in [9.17, 15) is 10.4 Å². The van der Waals surface area contributed by atoms with Crippen LogP contribution in [-0.4, -0.2) is 28.0 Å². The molecule has 1 aliphatic rings. The summed E-state index contributed by atoms with van der Waals surface area (Å²) in [5.74, 6) is 0.234. The Balaban J connectivity index is 2.00. The van der Waals surface area contributed by atoms with Crippen LogP contribution in [0.3, 0.4) is 0 Å². The summed E-state index contributed by atoms with van der Waals surface area (Å²) in [6, 6.07) is 9.97. The number of anilines is 1. The minimum absolute atomic E-state index is 0.177. The van der Waals surface area contributed by atoms with Gasteiger partial charge in [0.1, 0.15) is 6.07 Å². The highest BCUT2D eigenvalue weighted by Gasteiger charge is 2.26. The number of benzene rings is 1. The van der Waals surface area contributed by atoms with E-state index in [1.165, 1.54) is 0 Å².